The van der Waals surface area contributed by atoms with E-state index in [0.29, 0.717) is 6.73 Å². The van der Waals surface area contributed by atoms with Gasteiger partial charge >= 0.3 is 0 Å². The summed E-state index contributed by atoms with van der Waals surface area (Å²) in [5.74, 6) is 0. The number of rotatable bonds is 4. The van der Waals surface area contributed by atoms with Crippen LogP contribution in [0.3, 0.4) is 0 Å². The summed E-state index contributed by atoms with van der Waals surface area (Å²) in [5, 5.41) is 0. The maximum atomic E-state index is 4.54. The molecule has 0 aliphatic carbocycles. The topological polar surface area (TPSA) is 21.7 Å². The Bertz CT molecular complexity index is 65.4. The van der Waals surface area contributed by atoms with Gasteiger partial charge in [-0.15, -0.1) is 0 Å². The second-order valence-electron chi connectivity index (χ2n) is 1.35. The second kappa shape index (κ2) is 4.61. The molecule has 0 N–H and O–H groups in total. The average molecular weight is 117 g/mol. The predicted octanol–water partition coefficient (Wildman–Crippen LogP) is 0.597. The van der Waals surface area contributed by atoms with Crippen molar-refractivity contribution in [2.45, 2.75) is 0 Å². The maximum Gasteiger partial charge on any atom is 0.153 e. The average Bonchev–Trinajstić information content (AvgIpc) is 1.83. The summed E-state index contributed by atoms with van der Waals surface area (Å²) >= 11 is 0. The van der Waals surface area contributed by atoms with Crippen molar-refractivity contribution in [3.05, 3.63) is 12.8 Å². The van der Waals surface area contributed by atoms with Gasteiger partial charge in [0.2, 0.25) is 0 Å². The van der Waals surface area contributed by atoms with Crippen molar-refractivity contribution in [2.24, 2.45) is 0 Å². The van der Waals surface area contributed by atoms with Crippen molar-refractivity contribution in [2.75, 3.05) is 20.9 Å². The predicted molar refractivity (Wildman–Crippen MR) is 30.9 cm³/mol. The van der Waals surface area contributed by atoms with Gasteiger partial charge in [0, 0.05) is 7.05 Å². The Balaban J connectivity index is 2.98. The third kappa shape index (κ3) is 3.64. The third-order valence-corrected chi connectivity index (χ3v) is 0.686. The molecule has 0 aliphatic heterocycles. The molecule has 48 valence electrons. The summed E-state index contributed by atoms with van der Waals surface area (Å²) < 4.78 is 0. The SMILES string of the molecule is C=CN(C)COOC. The van der Waals surface area contributed by atoms with Gasteiger partial charge in [-0.25, -0.2) is 9.78 Å². The molecular weight excluding hydrogens is 106 g/mol. The molecule has 8 heavy (non-hydrogen) atoms. The van der Waals surface area contributed by atoms with Gasteiger partial charge in [-0.2, -0.15) is 0 Å². The first-order valence-corrected chi connectivity index (χ1v) is 2.29. The molecule has 0 aromatic heterocycles. The van der Waals surface area contributed by atoms with E-state index < -0.39 is 0 Å². The zero-order chi connectivity index (χ0) is 6.41. The van der Waals surface area contributed by atoms with Crippen LogP contribution in [0.1, 0.15) is 0 Å². The lowest BCUT2D eigenvalue weighted by atomic mass is 10.8. The first-order chi connectivity index (χ1) is 3.81. The molecule has 3 heteroatoms. The van der Waals surface area contributed by atoms with Crippen LogP contribution in [0, 0.1) is 0 Å². The van der Waals surface area contributed by atoms with Crippen LogP contribution in [0.5, 0.6) is 0 Å². The molecule has 0 aromatic rings. The largest absolute Gasteiger partial charge is 0.356 e. The standard InChI is InChI=1S/C5H11NO2/c1-4-6(2)5-8-7-3/h4H,1,5H2,2-3H3. The van der Waals surface area contributed by atoms with Crippen LogP contribution in [-0.2, 0) is 9.78 Å². The monoisotopic (exact) mass is 117 g/mol. The van der Waals surface area contributed by atoms with E-state index in [2.05, 4.69) is 16.4 Å². The molecule has 0 spiro atoms. The molecule has 0 amide bonds. The van der Waals surface area contributed by atoms with E-state index in [1.807, 2.05) is 7.05 Å². The molecule has 0 rings (SSSR count). The Hall–Kier alpha value is -0.540. The summed E-state index contributed by atoms with van der Waals surface area (Å²) in [6, 6.07) is 0. The Morgan fingerprint density at radius 3 is 2.75 bits per heavy atom. The minimum absolute atomic E-state index is 0.417. The molecule has 0 heterocycles. The first-order valence-electron chi connectivity index (χ1n) is 2.29. The van der Waals surface area contributed by atoms with Crippen LogP contribution in [0.15, 0.2) is 12.8 Å². The minimum atomic E-state index is 0.417. The molecule has 0 fully saturated rings. The van der Waals surface area contributed by atoms with Crippen LogP contribution in [0.4, 0.5) is 0 Å². The lowest BCUT2D eigenvalue weighted by Gasteiger charge is -2.09. The summed E-state index contributed by atoms with van der Waals surface area (Å²) in [5.41, 5.74) is 0. The Labute approximate surface area is 49.4 Å². The third-order valence-electron chi connectivity index (χ3n) is 0.686. The molecule has 0 radical (unpaired) electrons. The Morgan fingerprint density at radius 2 is 2.38 bits per heavy atom. The first kappa shape index (κ1) is 7.46. The van der Waals surface area contributed by atoms with E-state index in [9.17, 15) is 0 Å². The van der Waals surface area contributed by atoms with Crippen molar-refractivity contribution in [1.82, 2.24) is 4.90 Å². The minimum Gasteiger partial charge on any atom is -0.356 e. The molecule has 0 unspecified atom stereocenters. The van der Waals surface area contributed by atoms with Crippen molar-refractivity contribution < 1.29 is 9.78 Å². The molecule has 0 atom stereocenters. The van der Waals surface area contributed by atoms with Gasteiger partial charge in [0.1, 0.15) is 0 Å². The van der Waals surface area contributed by atoms with Crippen LogP contribution < -0.4 is 0 Å². The van der Waals surface area contributed by atoms with Crippen LogP contribution in [0.25, 0.3) is 0 Å². The zero-order valence-electron chi connectivity index (χ0n) is 5.26. The van der Waals surface area contributed by atoms with Crippen molar-refractivity contribution in [3.63, 3.8) is 0 Å². The van der Waals surface area contributed by atoms with E-state index in [0.717, 1.165) is 0 Å². The summed E-state index contributed by atoms with van der Waals surface area (Å²) in [6.07, 6.45) is 1.65. The van der Waals surface area contributed by atoms with E-state index >= 15 is 0 Å². The highest BCUT2D eigenvalue weighted by molar-refractivity contribution is 4.61. The summed E-state index contributed by atoms with van der Waals surface area (Å²) in [7, 11) is 3.31. The quantitative estimate of drug-likeness (QED) is 0.306. The number of nitrogens with zero attached hydrogens (tertiary/aromatic N) is 1. The van der Waals surface area contributed by atoms with Gasteiger partial charge in [0.25, 0.3) is 0 Å². The van der Waals surface area contributed by atoms with E-state index in [4.69, 9.17) is 0 Å². The smallest absolute Gasteiger partial charge is 0.153 e. The molecular formula is C5H11NO2. The van der Waals surface area contributed by atoms with E-state index in [1.165, 1.54) is 7.11 Å². The normalized spacial score (nSPS) is 8.75. The molecule has 0 bridgehead atoms. The lowest BCUT2D eigenvalue weighted by Crippen LogP contribution is -2.13. The molecule has 0 aliphatic rings. The number of hydrogen-bond donors (Lipinski definition) is 0. The fourth-order valence-electron chi connectivity index (χ4n) is 0.189. The van der Waals surface area contributed by atoms with Crippen molar-refractivity contribution >= 4 is 0 Å². The van der Waals surface area contributed by atoms with Crippen molar-refractivity contribution in [1.29, 1.82) is 0 Å². The van der Waals surface area contributed by atoms with Crippen LogP contribution >= 0.6 is 0 Å². The molecule has 0 aromatic carbocycles. The fourth-order valence-corrected chi connectivity index (χ4v) is 0.189. The van der Waals surface area contributed by atoms with Gasteiger partial charge in [-0.3, -0.25) is 0 Å². The molecule has 0 saturated carbocycles. The van der Waals surface area contributed by atoms with E-state index in [-0.39, 0.29) is 0 Å². The Kier molecular flexibility index (Phi) is 4.30. The highest BCUT2D eigenvalue weighted by Crippen LogP contribution is 1.81. The van der Waals surface area contributed by atoms with Gasteiger partial charge in [-0.1, -0.05) is 6.58 Å². The number of hydrogen-bond acceptors (Lipinski definition) is 3. The van der Waals surface area contributed by atoms with Gasteiger partial charge in [0.05, 0.1) is 7.11 Å². The fraction of sp³-hybridized carbons (Fsp3) is 0.600. The molecule has 0 saturated heterocycles. The summed E-state index contributed by atoms with van der Waals surface area (Å²) in [4.78, 5) is 10.6. The summed E-state index contributed by atoms with van der Waals surface area (Å²) in [6.45, 7) is 3.92. The van der Waals surface area contributed by atoms with Crippen LogP contribution in [0.2, 0.25) is 0 Å². The maximum absolute atomic E-state index is 4.54. The van der Waals surface area contributed by atoms with Gasteiger partial charge < -0.3 is 4.90 Å². The Morgan fingerprint density at radius 1 is 1.75 bits per heavy atom. The van der Waals surface area contributed by atoms with E-state index in [1.54, 1.807) is 11.1 Å². The molecule has 3 nitrogen and oxygen atoms in total. The van der Waals surface area contributed by atoms with Gasteiger partial charge in [-0.05, 0) is 6.20 Å². The highest BCUT2D eigenvalue weighted by Gasteiger charge is 1.85. The lowest BCUT2D eigenvalue weighted by molar-refractivity contribution is -0.289. The highest BCUT2D eigenvalue weighted by atomic mass is 17.2. The second-order valence-corrected chi connectivity index (χ2v) is 1.35. The van der Waals surface area contributed by atoms with Crippen molar-refractivity contribution in [3.8, 4) is 0 Å². The zero-order valence-corrected chi connectivity index (χ0v) is 5.26. The van der Waals surface area contributed by atoms with Crippen LogP contribution in [-0.4, -0.2) is 25.8 Å². The van der Waals surface area contributed by atoms with Gasteiger partial charge in [0.15, 0.2) is 6.73 Å².